The van der Waals surface area contributed by atoms with Gasteiger partial charge in [-0.2, -0.15) is 0 Å². The van der Waals surface area contributed by atoms with E-state index in [9.17, 15) is 14.4 Å². The van der Waals surface area contributed by atoms with Gasteiger partial charge in [0, 0.05) is 19.6 Å². The number of carbonyl (C=O) groups is 3. The van der Waals surface area contributed by atoms with Crippen molar-refractivity contribution in [3.8, 4) is 5.75 Å². The summed E-state index contributed by atoms with van der Waals surface area (Å²) in [5.41, 5.74) is 0.0604. The molecule has 1 aromatic rings. The zero-order valence-corrected chi connectivity index (χ0v) is 23.5. The van der Waals surface area contributed by atoms with Crippen LogP contribution in [0.4, 0.5) is 4.79 Å². The number of hydrogen-bond acceptors (Lipinski definition) is 5. The van der Waals surface area contributed by atoms with Gasteiger partial charge in [0.15, 0.2) is 0 Å². The number of nitrogens with zero attached hydrogens (tertiary/aromatic N) is 2. The lowest BCUT2D eigenvalue weighted by Gasteiger charge is -2.32. The molecule has 1 unspecified atom stereocenters. The topological polar surface area (TPSA) is 88.2 Å². The second kappa shape index (κ2) is 12.4. The first-order chi connectivity index (χ1) is 18.3. The number of carbonyl (C=O) groups excluding carboxylic acids is 3. The number of hydrogen-bond donors (Lipinski definition) is 1. The van der Waals surface area contributed by atoms with E-state index >= 15 is 0 Å². The van der Waals surface area contributed by atoms with Crippen LogP contribution in [0.25, 0.3) is 0 Å². The predicted octanol–water partition coefficient (Wildman–Crippen LogP) is 4.76. The summed E-state index contributed by atoms with van der Waals surface area (Å²) in [6, 6.07) is 7.09. The molecule has 0 spiro atoms. The summed E-state index contributed by atoms with van der Waals surface area (Å²) in [6.45, 7) is 8.00. The van der Waals surface area contributed by atoms with Gasteiger partial charge >= 0.3 is 12.0 Å². The monoisotopic (exact) mass is 527 g/mol. The first-order valence-corrected chi connectivity index (χ1v) is 14.5. The molecular weight excluding hydrogens is 482 g/mol. The van der Waals surface area contributed by atoms with Crippen LogP contribution in [-0.4, -0.2) is 66.1 Å². The van der Waals surface area contributed by atoms with Gasteiger partial charge in [0.25, 0.3) is 0 Å². The average Bonchev–Trinajstić information content (AvgIpc) is 3.51. The maximum atomic E-state index is 14.0. The molecule has 3 amide bonds. The van der Waals surface area contributed by atoms with Gasteiger partial charge in [-0.25, -0.2) is 9.59 Å². The number of fused-ring (bicyclic) bond motifs is 2. The summed E-state index contributed by atoms with van der Waals surface area (Å²) in [4.78, 5) is 44.4. The third-order valence-corrected chi connectivity index (χ3v) is 8.64. The van der Waals surface area contributed by atoms with Crippen molar-refractivity contribution in [3.63, 3.8) is 0 Å². The third-order valence-electron chi connectivity index (χ3n) is 8.64. The molecule has 8 nitrogen and oxygen atoms in total. The molecule has 8 heteroatoms. The number of ether oxygens (including phenoxy) is 2. The van der Waals surface area contributed by atoms with Crippen molar-refractivity contribution in [2.45, 2.75) is 90.3 Å². The van der Waals surface area contributed by atoms with Crippen molar-refractivity contribution in [1.29, 1.82) is 0 Å². The molecule has 1 saturated carbocycles. The number of benzene rings is 1. The van der Waals surface area contributed by atoms with Gasteiger partial charge in [-0.1, -0.05) is 58.1 Å². The average molecular weight is 528 g/mol. The number of methoxy groups -OCH3 is 1. The maximum Gasteiger partial charge on any atom is 0.332 e. The minimum absolute atomic E-state index is 0.0768. The van der Waals surface area contributed by atoms with E-state index in [1.165, 1.54) is 0 Å². The largest absolute Gasteiger partial charge is 0.497 e. The molecule has 3 aliphatic rings. The molecule has 0 aromatic heterocycles. The first kappa shape index (κ1) is 28.2. The van der Waals surface area contributed by atoms with Crippen molar-refractivity contribution in [2.75, 3.05) is 26.8 Å². The number of amides is 3. The van der Waals surface area contributed by atoms with E-state index in [2.05, 4.69) is 19.2 Å². The number of esters is 1. The molecule has 4 rings (SSSR count). The Morgan fingerprint density at radius 3 is 2.50 bits per heavy atom. The number of urea groups is 1. The smallest absolute Gasteiger partial charge is 0.332 e. The highest BCUT2D eigenvalue weighted by molar-refractivity contribution is 5.95. The van der Waals surface area contributed by atoms with Crippen molar-refractivity contribution >= 4 is 17.9 Å². The van der Waals surface area contributed by atoms with Gasteiger partial charge in [-0.3, -0.25) is 4.79 Å². The minimum atomic E-state index is -0.965. The highest BCUT2D eigenvalue weighted by atomic mass is 16.5. The quantitative estimate of drug-likeness (QED) is 0.558. The Hall–Kier alpha value is -2.77. The fraction of sp³-hybridized carbons (Fsp3) is 0.700. The summed E-state index contributed by atoms with van der Waals surface area (Å²) >= 11 is 0. The van der Waals surface area contributed by atoms with Crippen LogP contribution in [0.15, 0.2) is 24.3 Å². The van der Waals surface area contributed by atoms with E-state index in [0.29, 0.717) is 38.4 Å². The maximum absolute atomic E-state index is 14.0. The van der Waals surface area contributed by atoms with E-state index in [1.54, 1.807) is 18.9 Å². The molecule has 1 aliphatic carbocycles. The lowest BCUT2D eigenvalue weighted by Crippen LogP contribution is -2.55. The Balaban J connectivity index is 1.58. The molecule has 2 saturated heterocycles. The molecule has 0 bridgehead atoms. The van der Waals surface area contributed by atoms with Gasteiger partial charge in [-0.15, -0.1) is 0 Å². The van der Waals surface area contributed by atoms with Crippen molar-refractivity contribution in [1.82, 2.24) is 15.1 Å². The highest BCUT2D eigenvalue weighted by Crippen LogP contribution is 2.51. The summed E-state index contributed by atoms with van der Waals surface area (Å²) in [5, 5.41) is 3.11. The normalized spacial score (nSPS) is 30.7. The van der Waals surface area contributed by atoms with Crippen molar-refractivity contribution in [2.24, 2.45) is 17.8 Å². The zero-order valence-electron chi connectivity index (χ0n) is 23.5. The highest BCUT2D eigenvalue weighted by Gasteiger charge is 2.64. The van der Waals surface area contributed by atoms with Crippen molar-refractivity contribution < 1.29 is 23.9 Å². The van der Waals surface area contributed by atoms with Crippen LogP contribution in [0.3, 0.4) is 0 Å². The Labute approximate surface area is 227 Å². The summed E-state index contributed by atoms with van der Waals surface area (Å²) in [7, 11) is 1.64. The van der Waals surface area contributed by atoms with E-state index in [4.69, 9.17) is 9.47 Å². The second-order valence-corrected chi connectivity index (χ2v) is 11.6. The Morgan fingerprint density at radius 2 is 1.79 bits per heavy atom. The van der Waals surface area contributed by atoms with Crippen LogP contribution in [0.1, 0.15) is 77.7 Å². The van der Waals surface area contributed by atoms with Crippen molar-refractivity contribution in [3.05, 3.63) is 29.8 Å². The molecule has 3 fully saturated rings. The Morgan fingerprint density at radius 1 is 1.08 bits per heavy atom. The van der Waals surface area contributed by atoms with Crippen LogP contribution in [0.5, 0.6) is 5.75 Å². The summed E-state index contributed by atoms with van der Waals surface area (Å²) in [6.07, 6.45) is 7.61. The fourth-order valence-corrected chi connectivity index (χ4v) is 6.35. The molecule has 2 aliphatic heterocycles. The van der Waals surface area contributed by atoms with Gasteiger partial charge in [-0.05, 0) is 61.6 Å². The lowest BCUT2D eigenvalue weighted by molar-refractivity contribution is -0.150. The third kappa shape index (κ3) is 6.26. The molecule has 210 valence electrons. The molecular formula is C30H45N3O5. The SMILES string of the molecule is CCOC(=O)[C@@]12C[C@H]1C(C)CCCCCCCN(Cc1ccc(OC)cc1)C(=O)N1C[C@H](C)C[C@H]1C(=O)N2. The molecule has 2 heterocycles. The number of rotatable bonds is 5. The van der Waals surface area contributed by atoms with Gasteiger partial charge in [0.2, 0.25) is 5.91 Å². The lowest BCUT2D eigenvalue weighted by atomic mass is 9.94. The fourth-order valence-electron chi connectivity index (χ4n) is 6.35. The van der Waals surface area contributed by atoms with Crippen LogP contribution < -0.4 is 10.1 Å². The second-order valence-electron chi connectivity index (χ2n) is 11.6. The van der Waals surface area contributed by atoms with Crippen LogP contribution in [0, 0.1) is 17.8 Å². The molecule has 1 N–H and O–H groups in total. The van der Waals surface area contributed by atoms with E-state index < -0.39 is 11.6 Å². The molecule has 38 heavy (non-hydrogen) atoms. The van der Waals surface area contributed by atoms with E-state index in [-0.39, 0.29) is 36.4 Å². The van der Waals surface area contributed by atoms with Gasteiger partial charge in [0.1, 0.15) is 17.3 Å². The minimum Gasteiger partial charge on any atom is -0.497 e. The van der Waals surface area contributed by atoms with Crippen LogP contribution in [-0.2, 0) is 20.9 Å². The molecule has 1 aromatic carbocycles. The summed E-state index contributed by atoms with van der Waals surface area (Å²) in [5.74, 6) is 0.813. The molecule has 0 radical (unpaired) electrons. The standard InChI is InChI=1S/C30H45N3O5/c1-5-38-28(35)30-18-25(30)22(3)11-9-7-6-8-10-16-32(20-23-12-14-24(37-4)15-13-23)29(36)33-19-21(2)17-26(33)27(34)31-30/h12-15,21-22,25-26H,5-11,16-20H2,1-4H3,(H,31,34)/t21-,22?,25+,26+,30-/m1/s1. The first-order valence-electron chi connectivity index (χ1n) is 14.5. The predicted molar refractivity (Wildman–Crippen MR) is 146 cm³/mol. The molecule has 5 atom stereocenters. The van der Waals surface area contributed by atoms with E-state index in [0.717, 1.165) is 49.8 Å². The zero-order chi connectivity index (χ0) is 27.3. The van der Waals surface area contributed by atoms with Gasteiger partial charge in [0.05, 0.1) is 13.7 Å². The number of nitrogens with one attached hydrogen (secondary N) is 1. The Bertz CT molecular complexity index is 983. The Kier molecular flexibility index (Phi) is 9.21. The summed E-state index contributed by atoms with van der Waals surface area (Å²) < 4.78 is 10.7. The van der Waals surface area contributed by atoms with Gasteiger partial charge < -0.3 is 24.6 Å². The van der Waals surface area contributed by atoms with Crippen LogP contribution in [0.2, 0.25) is 0 Å². The van der Waals surface area contributed by atoms with E-state index in [1.807, 2.05) is 29.2 Å². The van der Waals surface area contributed by atoms with Crippen LogP contribution >= 0.6 is 0 Å².